The summed E-state index contributed by atoms with van der Waals surface area (Å²) in [4.78, 5) is 29.0. The molecule has 1 aromatic heterocycles. The van der Waals surface area contributed by atoms with E-state index in [-0.39, 0.29) is 31.3 Å². The Kier molecular flexibility index (Phi) is 4.32. The van der Waals surface area contributed by atoms with Crippen molar-refractivity contribution < 1.29 is 32.7 Å². The Labute approximate surface area is 171 Å². The number of thiophene rings is 1. The van der Waals surface area contributed by atoms with Gasteiger partial charge in [-0.15, -0.1) is 11.3 Å². The smallest absolute Gasteiger partial charge is 0.400 e. The zero-order valence-corrected chi connectivity index (χ0v) is 18.0. The van der Waals surface area contributed by atoms with E-state index in [9.17, 15) is 18.1 Å². The molecule has 1 heterocycles. The van der Waals surface area contributed by atoms with Gasteiger partial charge >= 0.3 is 13.3 Å². The van der Waals surface area contributed by atoms with Crippen LogP contribution in [-0.4, -0.2) is 22.3 Å². The third kappa shape index (κ3) is 2.92. The van der Waals surface area contributed by atoms with Gasteiger partial charge in [0.25, 0.3) is 0 Å². The molecular formula is C17H17BrF2NO5PS. The van der Waals surface area contributed by atoms with E-state index in [1.807, 2.05) is 0 Å². The Balaban J connectivity index is 1.78. The molecule has 0 unspecified atom stereocenters. The molecule has 6 nitrogen and oxygen atoms in total. The minimum Gasteiger partial charge on any atom is -0.491 e. The number of carbonyl (C=O) groups is 1. The average Bonchev–Trinajstić information content (AvgIpc) is 2.86. The summed E-state index contributed by atoms with van der Waals surface area (Å²) in [5.41, 5.74) is 1.50. The lowest BCUT2D eigenvalue weighted by atomic mass is 9.36. The zero-order valence-electron chi connectivity index (χ0n) is 14.7. The highest BCUT2D eigenvalue weighted by molar-refractivity contribution is 9.10. The van der Waals surface area contributed by atoms with Crippen LogP contribution in [0, 0.1) is 10.8 Å². The highest BCUT2D eigenvalue weighted by Crippen LogP contribution is 2.73. The number of rotatable bonds is 6. The van der Waals surface area contributed by atoms with Crippen molar-refractivity contribution in [1.82, 2.24) is 0 Å². The largest absolute Gasteiger partial charge is 0.491 e. The molecule has 3 fully saturated rings. The maximum absolute atomic E-state index is 14.3. The standard InChI is InChI=1S/C17H17BrF2NO5PS/c1-15-4-16(5-15,6-15)7-26-10-3-8(14(21)22)2-9-11(18)13(28-12(9)10)17(19,20)27(23,24)25/h2-3H,4-7H2,1H3,(H2,21,22)(H2,23,24,25). The van der Waals surface area contributed by atoms with E-state index >= 15 is 0 Å². The van der Waals surface area contributed by atoms with Crippen LogP contribution in [0.25, 0.3) is 10.1 Å². The molecule has 0 aliphatic heterocycles. The summed E-state index contributed by atoms with van der Waals surface area (Å²) in [5, 5.41) is 0.198. The average molecular weight is 496 g/mol. The van der Waals surface area contributed by atoms with Crippen LogP contribution in [0.2, 0.25) is 0 Å². The van der Waals surface area contributed by atoms with Crippen LogP contribution in [-0.2, 0) is 10.2 Å². The van der Waals surface area contributed by atoms with Gasteiger partial charge in [0.05, 0.1) is 11.3 Å². The highest BCUT2D eigenvalue weighted by atomic mass is 79.9. The Morgan fingerprint density at radius 3 is 2.50 bits per heavy atom. The molecular weight excluding hydrogens is 479 g/mol. The number of halogens is 3. The van der Waals surface area contributed by atoms with Gasteiger partial charge < -0.3 is 20.3 Å². The Bertz CT molecular complexity index is 1050. The van der Waals surface area contributed by atoms with Gasteiger partial charge in [-0.1, -0.05) is 6.92 Å². The first-order valence-electron chi connectivity index (χ1n) is 8.40. The molecule has 3 saturated carbocycles. The predicted octanol–water partition coefficient (Wildman–Crippen LogP) is 4.56. The number of primary amides is 1. The second-order valence-corrected chi connectivity index (χ2v) is 11.6. The summed E-state index contributed by atoms with van der Waals surface area (Å²) < 4.78 is 46.0. The molecule has 1 amide bonds. The monoisotopic (exact) mass is 495 g/mol. The van der Waals surface area contributed by atoms with E-state index in [1.54, 1.807) is 0 Å². The highest BCUT2D eigenvalue weighted by Gasteiger charge is 2.65. The van der Waals surface area contributed by atoms with Gasteiger partial charge in [-0.25, -0.2) is 0 Å². The topological polar surface area (TPSA) is 110 Å². The summed E-state index contributed by atoms with van der Waals surface area (Å²) in [7, 11) is -5.74. The fourth-order valence-corrected chi connectivity index (χ4v) is 7.63. The second-order valence-electron chi connectivity index (χ2n) is 8.18. The lowest BCUT2D eigenvalue weighted by Crippen LogP contribution is -2.62. The van der Waals surface area contributed by atoms with Gasteiger partial charge in [0, 0.05) is 20.8 Å². The molecule has 3 aliphatic rings. The van der Waals surface area contributed by atoms with E-state index < -0.39 is 24.0 Å². The second kappa shape index (κ2) is 5.98. The van der Waals surface area contributed by atoms with Crippen LogP contribution in [0.15, 0.2) is 16.6 Å². The molecule has 2 aromatic rings. The van der Waals surface area contributed by atoms with Crippen molar-refractivity contribution in [3.8, 4) is 5.75 Å². The first-order chi connectivity index (χ1) is 12.8. The van der Waals surface area contributed by atoms with E-state index in [4.69, 9.17) is 20.3 Å². The van der Waals surface area contributed by atoms with Crippen molar-refractivity contribution in [2.45, 2.75) is 31.8 Å². The maximum Gasteiger partial charge on any atom is 0.400 e. The lowest BCUT2D eigenvalue weighted by Gasteiger charge is -2.69. The number of amides is 1. The third-order valence-corrected chi connectivity index (χ3v) is 9.04. The molecule has 4 N–H and O–H groups in total. The zero-order chi connectivity index (χ0) is 20.7. The first kappa shape index (κ1) is 20.2. The number of nitrogens with two attached hydrogens (primary N) is 1. The third-order valence-electron chi connectivity index (χ3n) is 5.56. The minimum atomic E-state index is -5.74. The summed E-state index contributed by atoms with van der Waals surface area (Å²) in [6.45, 7) is 2.59. The molecule has 0 spiro atoms. The molecule has 0 atom stereocenters. The van der Waals surface area contributed by atoms with Gasteiger partial charge in [-0.3, -0.25) is 9.36 Å². The molecule has 1 aromatic carbocycles. The van der Waals surface area contributed by atoms with Crippen molar-refractivity contribution >= 4 is 50.9 Å². The van der Waals surface area contributed by atoms with Crippen molar-refractivity contribution in [3.05, 3.63) is 27.0 Å². The van der Waals surface area contributed by atoms with Gasteiger partial charge in [0.1, 0.15) is 10.6 Å². The Hall–Kier alpha value is -1.06. The normalized spacial score (nSPS) is 26.6. The van der Waals surface area contributed by atoms with Gasteiger partial charge in [-0.05, 0) is 52.7 Å². The van der Waals surface area contributed by atoms with Crippen LogP contribution in [0.5, 0.6) is 5.75 Å². The minimum absolute atomic E-state index is 0.0663. The molecule has 2 bridgehead atoms. The summed E-state index contributed by atoms with van der Waals surface area (Å²) in [6.07, 6.45) is 3.11. The quantitative estimate of drug-likeness (QED) is 0.509. The van der Waals surface area contributed by atoms with Crippen LogP contribution >= 0.6 is 34.9 Å². The van der Waals surface area contributed by atoms with Crippen molar-refractivity contribution in [2.24, 2.45) is 16.6 Å². The van der Waals surface area contributed by atoms with Crippen LogP contribution in [0.4, 0.5) is 8.78 Å². The van der Waals surface area contributed by atoms with Gasteiger partial charge in [0.2, 0.25) is 5.91 Å². The fourth-order valence-electron chi connectivity index (χ4n) is 4.66. The molecule has 0 saturated heterocycles. The van der Waals surface area contributed by atoms with E-state index in [2.05, 4.69) is 22.9 Å². The first-order valence-corrected chi connectivity index (χ1v) is 11.6. The Morgan fingerprint density at radius 1 is 1.39 bits per heavy atom. The van der Waals surface area contributed by atoms with Crippen LogP contribution < -0.4 is 10.5 Å². The number of hydrogen-bond acceptors (Lipinski definition) is 4. The summed E-state index contributed by atoms with van der Waals surface area (Å²) in [6, 6.07) is 2.70. The number of hydrogen-bond donors (Lipinski definition) is 3. The molecule has 5 rings (SSSR count). The fraction of sp³-hybridized carbons (Fsp3) is 0.471. The number of benzene rings is 1. The summed E-state index contributed by atoms with van der Waals surface area (Å²) >= 11 is 3.53. The summed E-state index contributed by atoms with van der Waals surface area (Å²) in [5.74, 6) is -0.550. The Morgan fingerprint density at radius 2 is 2.00 bits per heavy atom. The molecule has 0 radical (unpaired) electrons. The number of fused-ring (bicyclic) bond motifs is 1. The lowest BCUT2D eigenvalue weighted by molar-refractivity contribution is -0.206. The predicted molar refractivity (Wildman–Crippen MR) is 104 cm³/mol. The van der Waals surface area contributed by atoms with Gasteiger partial charge in [0.15, 0.2) is 0 Å². The van der Waals surface area contributed by atoms with E-state index in [0.29, 0.717) is 23.4 Å². The van der Waals surface area contributed by atoms with Crippen molar-refractivity contribution in [1.29, 1.82) is 0 Å². The molecule has 28 heavy (non-hydrogen) atoms. The molecule has 152 valence electrons. The molecule has 11 heteroatoms. The SMILES string of the molecule is CC12CC(COc3cc(C(N)=O)cc4c(Br)c(C(F)(F)P(=O)(O)O)sc34)(C1)C2. The van der Waals surface area contributed by atoms with E-state index in [1.165, 1.54) is 12.1 Å². The number of ether oxygens (including phenoxy) is 1. The number of carbonyl (C=O) groups excluding carboxylic acids is 1. The maximum atomic E-state index is 14.3. The van der Waals surface area contributed by atoms with Crippen LogP contribution in [0.3, 0.4) is 0 Å². The van der Waals surface area contributed by atoms with E-state index in [0.717, 1.165) is 19.3 Å². The molecule has 3 aliphatic carbocycles. The number of alkyl halides is 2. The van der Waals surface area contributed by atoms with Crippen molar-refractivity contribution in [2.75, 3.05) is 6.61 Å². The van der Waals surface area contributed by atoms with Gasteiger partial charge in [-0.2, -0.15) is 8.78 Å². The van der Waals surface area contributed by atoms with Crippen molar-refractivity contribution in [3.63, 3.8) is 0 Å². The van der Waals surface area contributed by atoms with Crippen LogP contribution in [0.1, 0.15) is 41.4 Å².